The zero-order valence-corrected chi connectivity index (χ0v) is 13.7. The number of nitrogens with zero attached hydrogens (tertiary/aromatic N) is 2. The lowest BCUT2D eigenvalue weighted by atomic mass is 9.75. The van der Waals surface area contributed by atoms with E-state index in [1.54, 1.807) is 18.5 Å². The van der Waals surface area contributed by atoms with Crippen LogP contribution < -0.4 is 0 Å². The molecule has 3 aliphatic heterocycles. The number of aromatic amines is 1. The van der Waals surface area contributed by atoms with Crippen molar-refractivity contribution in [2.75, 3.05) is 46.0 Å². The average molecular weight is 333 g/mol. The molecule has 0 aliphatic carbocycles. The van der Waals surface area contributed by atoms with Crippen LogP contribution in [0.4, 0.5) is 0 Å². The SMILES string of the molecule is O=C(c1cc[nH]c1)N1CC[C@H]2OCC[C@@]2(C(=O)N2CCOCC2)C1. The molecule has 130 valence electrons. The summed E-state index contributed by atoms with van der Waals surface area (Å²) in [6.45, 7) is 4.08. The standard InChI is InChI=1S/C17H23N3O4/c21-15(13-1-4-18-11-13)20-5-2-14-17(12-20,3-8-24-14)16(22)19-6-9-23-10-7-19/h1,4,11,14,18H,2-3,5-10,12H2/t14-,17-/m1/s1. The number of carbonyl (C=O) groups excluding carboxylic acids is 2. The maximum atomic E-state index is 13.3. The number of aromatic nitrogens is 1. The summed E-state index contributed by atoms with van der Waals surface area (Å²) in [5, 5.41) is 0. The summed E-state index contributed by atoms with van der Waals surface area (Å²) in [7, 11) is 0. The molecular weight excluding hydrogens is 310 g/mol. The number of hydrogen-bond donors (Lipinski definition) is 1. The van der Waals surface area contributed by atoms with Crippen LogP contribution in [0.15, 0.2) is 18.5 Å². The Morgan fingerprint density at radius 2 is 2.00 bits per heavy atom. The van der Waals surface area contributed by atoms with E-state index in [0.717, 1.165) is 0 Å². The Labute approximate surface area is 140 Å². The van der Waals surface area contributed by atoms with Gasteiger partial charge in [-0.25, -0.2) is 0 Å². The first kappa shape index (κ1) is 15.7. The van der Waals surface area contributed by atoms with Crippen LogP contribution in [0.5, 0.6) is 0 Å². The molecule has 0 bridgehead atoms. The van der Waals surface area contributed by atoms with E-state index < -0.39 is 5.41 Å². The van der Waals surface area contributed by atoms with Gasteiger partial charge in [-0.1, -0.05) is 0 Å². The van der Waals surface area contributed by atoms with Crippen LogP contribution in [0.1, 0.15) is 23.2 Å². The fraction of sp³-hybridized carbons (Fsp3) is 0.647. The first-order chi connectivity index (χ1) is 11.7. The van der Waals surface area contributed by atoms with E-state index in [9.17, 15) is 9.59 Å². The van der Waals surface area contributed by atoms with E-state index in [-0.39, 0.29) is 17.9 Å². The molecule has 2 atom stereocenters. The maximum Gasteiger partial charge on any atom is 0.255 e. The highest BCUT2D eigenvalue weighted by Crippen LogP contribution is 2.42. The normalized spacial score (nSPS) is 30.2. The average Bonchev–Trinajstić information content (AvgIpc) is 3.30. The monoisotopic (exact) mass is 333 g/mol. The third-order valence-electron chi connectivity index (χ3n) is 5.47. The molecule has 0 unspecified atom stereocenters. The number of piperidine rings is 1. The zero-order chi connectivity index (χ0) is 16.6. The van der Waals surface area contributed by atoms with E-state index >= 15 is 0 Å². The number of hydrogen-bond acceptors (Lipinski definition) is 4. The molecule has 3 aliphatic rings. The van der Waals surface area contributed by atoms with E-state index in [1.165, 1.54) is 0 Å². The quantitative estimate of drug-likeness (QED) is 0.855. The Bertz CT molecular complexity index is 611. The van der Waals surface area contributed by atoms with Gasteiger partial charge in [0.05, 0.1) is 30.3 Å². The number of carbonyl (C=O) groups is 2. The molecule has 3 fully saturated rings. The van der Waals surface area contributed by atoms with Gasteiger partial charge in [-0.05, 0) is 18.9 Å². The molecule has 0 saturated carbocycles. The van der Waals surface area contributed by atoms with Gasteiger partial charge in [0, 0.05) is 45.2 Å². The highest BCUT2D eigenvalue weighted by Gasteiger charge is 2.55. The fourth-order valence-electron chi connectivity index (χ4n) is 4.14. The van der Waals surface area contributed by atoms with Gasteiger partial charge in [-0.15, -0.1) is 0 Å². The lowest BCUT2D eigenvalue weighted by Gasteiger charge is -2.45. The first-order valence-corrected chi connectivity index (χ1v) is 8.61. The van der Waals surface area contributed by atoms with Crippen LogP contribution in [-0.2, 0) is 14.3 Å². The summed E-state index contributed by atoms with van der Waals surface area (Å²) in [4.78, 5) is 32.6. The molecule has 1 aromatic rings. The predicted molar refractivity (Wildman–Crippen MR) is 85.5 cm³/mol. The van der Waals surface area contributed by atoms with Crippen molar-refractivity contribution in [2.45, 2.75) is 18.9 Å². The first-order valence-electron chi connectivity index (χ1n) is 8.61. The molecule has 24 heavy (non-hydrogen) atoms. The number of ether oxygens (including phenoxy) is 2. The van der Waals surface area contributed by atoms with Crippen molar-refractivity contribution in [3.8, 4) is 0 Å². The van der Waals surface area contributed by atoms with Gasteiger partial charge >= 0.3 is 0 Å². The number of nitrogens with one attached hydrogen (secondary N) is 1. The zero-order valence-electron chi connectivity index (χ0n) is 13.7. The summed E-state index contributed by atoms with van der Waals surface area (Å²) in [6, 6.07) is 1.77. The van der Waals surface area contributed by atoms with Crippen molar-refractivity contribution >= 4 is 11.8 Å². The van der Waals surface area contributed by atoms with Crippen LogP contribution >= 0.6 is 0 Å². The van der Waals surface area contributed by atoms with Crippen molar-refractivity contribution in [3.05, 3.63) is 24.0 Å². The van der Waals surface area contributed by atoms with Crippen LogP contribution in [0.2, 0.25) is 0 Å². The molecule has 0 aromatic carbocycles. The van der Waals surface area contributed by atoms with Crippen LogP contribution in [0.25, 0.3) is 0 Å². The van der Waals surface area contributed by atoms with Crippen LogP contribution in [-0.4, -0.2) is 78.7 Å². The Morgan fingerprint density at radius 3 is 2.75 bits per heavy atom. The second-order valence-corrected chi connectivity index (χ2v) is 6.79. The summed E-state index contributed by atoms with van der Waals surface area (Å²) in [6.07, 6.45) is 4.77. The molecule has 4 heterocycles. The summed E-state index contributed by atoms with van der Waals surface area (Å²) in [5.41, 5.74) is 0.0444. The van der Waals surface area contributed by atoms with Crippen molar-refractivity contribution in [1.82, 2.24) is 14.8 Å². The summed E-state index contributed by atoms with van der Waals surface area (Å²) < 4.78 is 11.2. The van der Waals surface area contributed by atoms with Gasteiger partial charge in [-0.3, -0.25) is 9.59 Å². The van der Waals surface area contributed by atoms with Gasteiger partial charge in [0.25, 0.3) is 5.91 Å². The summed E-state index contributed by atoms with van der Waals surface area (Å²) >= 11 is 0. The predicted octanol–water partition coefficient (Wildman–Crippen LogP) is 0.495. The molecule has 1 aromatic heterocycles. The molecule has 3 saturated heterocycles. The Morgan fingerprint density at radius 1 is 1.17 bits per heavy atom. The number of likely N-dealkylation sites (tertiary alicyclic amines) is 1. The Balaban J connectivity index is 1.56. The van der Waals surface area contributed by atoms with Crippen LogP contribution in [0, 0.1) is 5.41 Å². The maximum absolute atomic E-state index is 13.3. The molecule has 2 amide bonds. The van der Waals surface area contributed by atoms with E-state index in [0.29, 0.717) is 64.4 Å². The van der Waals surface area contributed by atoms with E-state index in [1.807, 2.05) is 9.80 Å². The van der Waals surface area contributed by atoms with Gasteiger partial charge in [0.15, 0.2) is 0 Å². The second-order valence-electron chi connectivity index (χ2n) is 6.79. The lowest BCUT2D eigenvalue weighted by Crippen LogP contribution is -2.60. The number of amides is 2. The van der Waals surface area contributed by atoms with Crippen molar-refractivity contribution in [2.24, 2.45) is 5.41 Å². The van der Waals surface area contributed by atoms with E-state index in [2.05, 4.69) is 4.98 Å². The molecule has 1 N–H and O–H groups in total. The van der Waals surface area contributed by atoms with Gasteiger partial charge in [-0.2, -0.15) is 0 Å². The lowest BCUT2D eigenvalue weighted by molar-refractivity contribution is -0.153. The molecule has 7 nitrogen and oxygen atoms in total. The molecular formula is C17H23N3O4. The number of fused-ring (bicyclic) bond motifs is 1. The van der Waals surface area contributed by atoms with Crippen molar-refractivity contribution in [3.63, 3.8) is 0 Å². The number of morpholine rings is 1. The number of rotatable bonds is 2. The number of H-pyrrole nitrogens is 1. The largest absolute Gasteiger partial charge is 0.378 e. The smallest absolute Gasteiger partial charge is 0.255 e. The Kier molecular flexibility index (Phi) is 4.05. The fourth-order valence-corrected chi connectivity index (χ4v) is 4.14. The molecule has 0 radical (unpaired) electrons. The highest BCUT2D eigenvalue weighted by molar-refractivity contribution is 5.95. The minimum atomic E-state index is -0.596. The van der Waals surface area contributed by atoms with Gasteiger partial charge in [0.1, 0.15) is 0 Å². The topological polar surface area (TPSA) is 74.9 Å². The van der Waals surface area contributed by atoms with Gasteiger partial charge in [0.2, 0.25) is 5.91 Å². The second kappa shape index (κ2) is 6.22. The van der Waals surface area contributed by atoms with Crippen molar-refractivity contribution < 1.29 is 19.1 Å². The third kappa shape index (κ3) is 2.52. The summed E-state index contributed by atoms with van der Waals surface area (Å²) in [5.74, 6) is 0.107. The van der Waals surface area contributed by atoms with Gasteiger partial charge < -0.3 is 24.3 Å². The van der Waals surface area contributed by atoms with Crippen molar-refractivity contribution in [1.29, 1.82) is 0 Å². The molecule has 4 rings (SSSR count). The molecule has 7 heteroatoms. The minimum Gasteiger partial charge on any atom is -0.378 e. The molecule has 0 spiro atoms. The van der Waals surface area contributed by atoms with Crippen LogP contribution in [0.3, 0.4) is 0 Å². The Hall–Kier alpha value is -1.86. The minimum absolute atomic E-state index is 0.0178. The van der Waals surface area contributed by atoms with E-state index in [4.69, 9.17) is 9.47 Å². The third-order valence-corrected chi connectivity index (χ3v) is 5.47. The highest BCUT2D eigenvalue weighted by atomic mass is 16.5.